The van der Waals surface area contributed by atoms with E-state index in [-0.39, 0.29) is 12.5 Å². The van der Waals surface area contributed by atoms with E-state index in [2.05, 4.69) is 28.8 Å². The summed E-state index contributed by atoms with van der Waals surface area (Å²) in [4.78, 5) is 18.1. The first-order chi connectivity index (χ1) is 13.8. The lowest BCUT2D eigenvalue weighted by molar-refractivity contribution is -0.137. The van der Waals surface area contributed by atoms with Crippen LogP contribution >= 0.6 is 0 Å². The Hall–Kier alpha value is -2.93. The number of fused-ring (bicyclic) bond motifs is 1. The van der Waals surface area contributed by atoms with Crippen LogP contribution in [0.4, 0.5) is 0 Å². The second-order valence-electron chi connectivity index (χ2n) is 7.69. The van der Waals surface area contributed by atoms with Gasteiger partial charge in [0.1, 0.15) is 18.0 Å². The Kier molecular flexibility index (Phi) is 6.49. The van der Waals surface area contributed by atoms with Gasteiger partial charge in [-0.2, -0.15) is 5.10 Å². The number of rotatable bonds is 9. The van der Waals surface area contributed by atoms with Crippen LogP contribution in [0.2, 0.25) is 0 Å². The number of aliphatic carboxylic acids is 1. The van der Waals surface area contributed by atoms with Gasteiger partial charge in [0.25, 0.3) is 0 Å². The highest BCUT2D eigenvalue weighted by molar-refractivity contribution is 5.92. The minimum atomic E-state index is -0.945. The molecule has 0 atom stereocenters. The minimum absolute atomic E-state index is 0.224. The number of carboxylic acid groups (broad SMARTS) is 1. The smallest absolute Gasteiger partial charge is 0.325 e. The van der Waals surface area contributed by atoms with Crippen LogP contribution in [-0.2, 0) is 11.3 Å². The van der Waals surface area contributed by atoms with Gasteiger partial charge in [-0.1, -0.05) is 13.8 Å². The summed E-state index contributed by atoms with van der Waals surface area (Å²) in [5.74, 6) is 0.112. The lowest BCUT2D eigenvalue weighted by atomic mass is 10.1. The fraction of sp³-hybridized carbons (Fsp3) is 0.409. The number of pyridine rings is 1. The van der Waals surface area contributed by atoms with Crippen LogP contribution in [0.25, 0.3) is 22.3 Å². The Morgan fingerprint density at radius 2 is 1.90 bits per heavy atom. The molecule has 2 aromatic heterocycles. The summed E-state index contributed by atoms with van der Waals surface area (Å²) in [5.41, 5.74) is 3.14. The molecule has 0 radical (unpaired) electrons. The Morgan fingerprint density at radius 3 is 2.52 bits per heavy atom. The lowest BCUT2D eigenvalue weighted by Gasteiger charge is -2.10. The third-order valence-electron chi connectivity index (χ3n) is 4.64. The van der Waals surface area contributed by atoms with Crippen molar-refractivity contribution < 1.29 is 14.6 Å². The SMILES string of the molecule is CC(C)c1ccc2c(-c3ccc(OCCCN(C)C)cc3)nn(CC(=O)O)c2n1. The normalized spacial score (nSPS) is 11.5. The topological polar surface area (TPSA) is 80.5 Å². The second-order valence-corrected chi connectivity index (χ2v) is 7.69. The van der Waals surface area contributed by atoms with E-state index in [1.54, 1.807) is 0 Å². The quantitative estimate of drug-likeness (QED) is 0.556. The maximum Gasteiger partial charge on any atom is 0.325 e. The van der Waals surface area contributed by atoms with Crippen LogP contribution in [0.3, 0.4) is 0 Å². The summed E-state index contributed by atoms with van der Waals surface area (Å²) >= 11 is 0. The monoisotopic (exact) mass is 396 g/mol. The van der Waals surface area contributed by atoms with E-state index >= 15 is 0 Å². The molecular formula is C22H28N4O3. The third-order valence-corrected chi connectivity index (χ3v) is 4.64. The van der Waals surface area contributed by atoms with E-state index in [1.807, 2.05) is 50.5 Å². The first kappa shape index (κ1) is 20.8. The summed E-state index contributed by atoms with van der Waals surface area (Å²) in [6.07, 6.45) is 0.961. The average Bonchev–Trinajstić information content (AvgIpc) is 3.02. The third kappa shape index (κ3) is 5.12. The van der Waals surface area contributed by atoms with Crippen molar-refractivity contribution in [3.63, 3.8) is 0 Å². The highest BCUT2D eigenvalue weighted by Gasteiger charge is 2.17. The van der Waals surface area contributed by atoms with Crippen molar-refractivity contribution in [1.29, 1.82) is 0 Å². The maximum atomic E-state index is 11.3. The van der Waals surface area contributed by atoms with Crippen LogP contribution in [0.1, 0.15) is 31.9 Å². The molecule has 0 unspecified atom stereocenters. The molecule has 2 heterocycles. The predicted molar refractivity (Wildman–Crippen MR) is 113 cm³/mol. The largest absolute Gasteiger partial charge is 0.494 e. The van der Waals surface area contributed by atoms with Crippen LogP contribution in [0.15, 0.2) is 36.4 Å². The van der Waals surface area contributed by atoms with Gasteiger partial charge in [-0.05, 0) is 62.8 Å². The van der Waals surface area contributed by atoms with E-state index in [1.165, 1.54) is 4.68 Å². The molecule has 0 aliphatic heterocycles. The minimum Gasteiger partial charge on any atom is -0.494 e. The molecule has 154 valence electrons. The number of benzene rings is 1. The zero-order valence-corrected chi connectivity index (χ0v) is 17.4. The van der Waals surface area contributed by atoms with E-state index in [4.69, 9.17) is 4.74 Å². The van der Waals surface area contributed by atoms with Crippen LogP contribution in [0.5, 0.6) is 5.75 Å². The molecule has 3 rings (SSSR count). The van der Waals surface area contributed by atoms with Gasteiger partial charge in [-0.15, -0.1) is 0 Å². The van der Waals surface area contributed by atoms with E-state index in [9.17, 15) is 9.90 Å². The fourth-order valence-corrected chi connectivity index (χ4v) is 3.12. The first-order valence-electron chi connectivity index (χ1n) is 9.82. The number of aromatic nitrogens is 3. The molecule has 0 saturated carbocycles. The van der Waals surface area contributed by atoms with Crippen molar-refractivity contribution in [1.82, 2.24) is 19.7 Å². The van der Waals surface area contributed by atoms with Gasteiger partial charge in [-0.25, -0.2) is 9.67 Å². The number of ether oxygens (including phenoxy) is 1. The molecule has 0 bridgehead atoms. The summed E-state index contributed by atoms with van der Waals surface area (Å²) in [6.45, 7) is 5.54. The molecule has 0 fully saturated rings. The number of nitrogens with zero attached hydrogens (tertiary/aromatic N) is 4. The van der Waals surface area contributed by atoms with E-state index in [0.29, 0.717) is 12.3 Å². The van der Waals surface area contributed by atoms with Crippen molar-refractivity contribution in [2.45, 2.75) is 32.7 Å². The molecule has 1 aromatic carbocycles. The Bertz CT molecular complexity index is 978. The summed E-state index contributed by atoms with van der Waals surface area (Å²) in [5, 5.41) is 14.6. The predicted octanol–water partition coefficient (Wildman–Crippen LogP) is 3.64. The van der Waals surface area contributed by atoms with Gasteiger partial charge < -0.3 is 14.7 Å². The number of hydrogen-bond acceptors (Lipinski definition) is 5. The maximum absolute atomic E-state index is 11.3. The van der Waals surface area contributed by atoms with E-state index < -0.39 is 5.97 Å². The van der Waals surface area contributed by atoms with Crippen molar-refractivity contribution in [2.24, 2.45) is 0 Å². The van der Waals surface area contributed by atoms with Crippen LogP contribution in [-0.4, -0.2) is 58.0 Å². The molecule has 0 spiro atoms. The standard InChI is InChI=1S/C22H28N4O3/c1-15(2)19-11-10-18-21(24-26(14-20(27)28)22(18)23-19)16-6-8-17(9-7-16)29-13-5-12-25(3)4/h6-11,15H,5,12-14H2,1-4H3,(H,27,28). The molecule has 7 nitrogen and oxygen atoms in total. The molecule has 0 amide bonds. The zero-order chi connectivity index (χ0) is 21.0. The molecule has 7 heteroatoms. The zero-order valence-electron chi connectivity index (χ0n) is 17.4. The first-order valence-corrected chi connectivity index (χ1v) is 9.82. The van der Waals surface area contributed by atoms with Crippen molar-refractivity contribution in [3.8, 4) is 17.0 Å². The number of carboxylic acids is 1. The molecule has 0 saturated heterocycles. The molecular weight excluding hydrogens is 368 g/mol. The highest BCUT2D eigenvalue weighted by atomic mass is 16.5. The van der Waals surface area contributed by atoms with Gasteiger partial charge in [-0.3, -0.25) is 4.79 Å². The molecule has 0 aliphatic carbocycles. The van der Waals surface area contributed by atoms with Gasteiger partial charge in [0, 0.05) is 23.2 Å². The Balaban J connectivity index is 1.87. The highest BCUT2D eigenvalue weighted by Crippen LogP contribution is 2.29. The molecule has 29 heavy (non-hydrogen) atoms. The molecule has 0 aliphatic rings. The Labute approximate surface area is 170 Å². The van der Waals surface area contributed by atoms with Crippen molar-refractivity contribution in [2.75, 3.05) is 27.2 Å². The fourth-order valence-electron chi connectivity index (χ4n) is 3.12. The number of hydrogen-bond donors (Lipinski definition) is 1. The second kappa shape index (κ2) is 9.05. The van der Waals surface area contributed by atoms with E-state index in [0.717, 1.165) is 41.1 Å². The number of carbonyl (C=O) groups is 1. The Morgan fingerprint density at radius 1 is 1.17 bits per heavy atom. The summed E-state index contributed by atoms with van der Waals surface area (Å²) < 4.78 is 7.26. The lowest BCUT2D eigenvalue weighted by Crippen LogP contribution is -2.15. The van der Waals surface area contributed by atoms with Crippen LogP contribution in [0, 0.1) is 0 Å². The van der Waals surface area contributed by atoms with Crippen LogP contribution < -0.4 is 4.74 Å². The van der Waals surface area contributed by atoms with Crippen molar-refractivity contribution >= 4 is 17.0 Å². The van der Waals surface area contributed by atoms with Gasteiger partial charge in [0.05, 0.1) is 6.61 Å². The van der Waals surface area contributed by atoms with Gasteiger partial charge in [0.2, 0.25) is 0 Å². The molecule has 1 N–H and O–H groups in total. The summed E-state index contributed by atoms with van der Waals surface area (Å²) in [7, 11) is 4.09. The van der Waals surface area contributed by atoms with Gasteiger partial charge >= 0.3 is 5.97 Å². The summed E-state index contributed by atoms with van der Waals surface area (Å²) in [6, 6.07) is 11.7. The average molecular weight is 396 g/mol. The van der Waals surface area contributed by atoms with Gasteiger partial charge in [0.15, 0.2) is 5.65 Å². The van der Waals surface area contributed by atoms with Crippen molar-refractivity contribution in [3.05, 3.63) is 42.1 Å². The molecule has 3 aromatic rings.